The van der Waals surface area contributed by atoms with Gasteiger partial charge in [0, 0.05) is 26.2 Å². The van der Waals surface area contributed by atoms with E-state index in [1.54, 1.807) is 0 Å². The second kappa shape index (κ2) is 5.06. The Kier molecular flexibility index (Phi) is 3.39. The fourth-order valence-electron chi connectivity index (χ4n) is 2.41. The summed E-state index contributed by atoms with van der Waals surface area (Å²) in [5, 5.41) is 0. The first kappa shape index (κ1) is 13.4. The summed E-state index contributed by atoms with van der Waals surface area (Å²) in [5.41, 5.74) is 1.58. The number of anilines is 1. The lowest BCUT2D eigenvalue weighted by Crippen LogP contribution is -2.34. The normalized spacial score (nSPS) is 18.4. The lowest BCUT2D eigenvalue weighted by atomic mass is 10.3. The monoisotopic (exact) mass is 295 g/mol. The van der Waals surface area contributed by atoms with Crippen molar-refractivity contribution in [1.82, 2.24) is 9.29 Å². The van der Waals surface area contributed by atoms with Crippen LogP contribution < -0.4 is 4.90 Å². The number of hydrogen-bond acceptors (Lipinski definition) is 5. The number of fused-ring (bicyclic) bond motifs is 1. The molecule has 20 heavy (non-hydrogen) atoms. The number of sulfonamides is 1. The van der Waals surface area contributed by atoms with Crippen LogP contribution in [-0.4, -0.2) is 50.1 Å². The fourth-order valence-corrected chi connectivity index (χ4v) is 3.29. The summed E-state index contributed by atoms with van der Waals surface area (Å²) >= 11 is 0. The molecule has 1 aromatic carbocycles. The molecule has 0 saturated carbocycles. The van der Waals surface area contributed by atoms with Gasteiger partial charge in [-0.1, -0.05) is 12.1 Å². The molecule has 0 radical (unpaired) electrons. The molecule has 0 unspecified atom stereocenters. The minimum atomic E-state index is -3.12. The molecule has 7 heteroatoms. The van der Waals surface area contributed by atoms with Crippen molar-refractivity contribution in [2.75, 3.05) is 37.3 Å². The Morgan fingerprint density at radius 3 is 2.70 bits per heavy atom. The summed E-state index contributed by atoms with van der Waals surface area (Å²) in [6.07, 6.45) is 2.02. The maximum atomic E-state index is 11.6. The first-order valence-electron chi connectivity index (χ1n) is 6.60. The highest BCUT2D eigenvalue weighted by Gasteiger charge is 2.23. The molecular weight excluding hydrogens is 278 g/mol. The SMILES string of the molecule is CS(=O)(=O)N1CCCN(c2nc3ccccc3o2)CC1. The number of oxazole rings is 1. The van der Waals surface area contributed by atoms with E-state index in [1.807, 2.05) is 29.2 Å². The minimum Gasteiger partial charge on any atom is -0.423 e. The Morgan fingerprint density at radius 2 is 1.95 bits per heavy atom. The van der Waals surface area contributed by atoms with E-state index in [1.165, 1.54) is 10.6 Å². The number of rotatable bonds is 2. The zero-order valence-electron chi connectivity index (χ0n) is 11.3. The minimum absolute atomic E-state index is 0.470. The largest absolute Gasteiger partial charge is 0.423 e. The van der Waals surface area contributed by atoms with Crippen LogP contribution in [0.5, 0.6) is 0 Å². The van der Waals surface area contributed by atoms with Gasteiger partial charge in [0.2, 0.25) is 10.0 Å². The van der Waals surface area contributed by atoms with Crippen molar-refractivity contribution >= 4 is 27.1 Å². The quantitative estimate of drug-likeness (QED) is 0.835. The second-order valence-corrected chi connectivity index (χ2v) is 6.95. The third kappa shape index (κ3) is 2.64. The van der Waals surface area contributed by atoms with Crippen molar-refractivity contribution in [3.8, 4) is 0 Å². The Morgan fingerprint density at radius 1 is 1.15 bits per heavy atom. The molecule has 108 valence electrons. The van der Waals surface area contributed by atoms with Gasteiger partial charge in [0.25, 0.3) is 6.01 Å². The zero-order chi connectivity index (χ0) is 14.2. The van der Waals surface area contributed by atoms with E-state index in [9.17, 15) is 8.42 Å². The van der Waals surface area contributed by atoms with E-state index in [0.29, 0.717) is 25.6 Å². The van der Waals surface area contributed by atoms with Crippen LogP contribution >= 0.6 is 0 Å². The summed E-state index contributed by atoms with van der Waals surface area (Å²) < 4.78 is 30.4. The van der Waals surface area contributed by atoms with Crippen LogP contribution in [0.4, 0.5) is 6.01 Å². The summed E-state index contributed by atoms with van der Waals surface area (Å²) in [6.45, 7) is 2.37. The number of nitrogens with zero attached hydrogens (tertiary/aromatic N) is 3. The molecule has 0 spiro atoms. The highest BCUT2D eigenvalue weighted by Crippen LogP contribution is 2.22. The number of para-hydroxylation sites is 2. The van der Waals surface area contributed by atoms with Gasteiger partial charge in [-0.2, -0.15) is 4.98 Å². The van der Waals surface area contributed by atoms with Crippen molar-refractivity contribution in [3.63, 3.8) is 0 Å². The Labute approximate surface area is 118 Å². The van der Waals surface area contributed by atoms with E-state index in [-0.39, 0.29) is 0 Å². The molecular formula is C13H17N3O3S. The van der Waals surface area contributed by atoms with Gasteiger partial charge in [-0.05, 0) is 18.6 Å². The predicted molar refractivity (Wildman–Crippen MR) is 77.3 cm³/mol. The lowest BCUT2D eigenvalue weighted by molar-refractivity contribution is 0.437. The highest BCUT2D eigenvalue weighted by atomic mass is 32.2. The molecule has 2 heterocycles. The highest BCUT2D eigenvalue weighted by molar-refractivity contribution is 7.88. The van der Waals surface area contributed by atoms with Gasteiger partial charge >= 0.3 is 0 Å². The molecule has 3 rings (SSSR count). The molecule has 1 aliphatic heterocycles. The van der Waals surface area contributed by atoms with Gasteiger partial charge in [0.15, 0.2) is 5.58 Å². The molecule has 2 aromatic rings. The molecule has 0 N–H and O–H groups in total. The Bertz CT molecular complexity index is 677. The molecule has 1 saturated heterocycles. The standard InChI is InChI=1S/C13H17N3O3S/c1-20(17,18)16-8-4-7-15(9-10-16)13-14-11-5-2-3-6-12(11)19-13/h2-3,5-6H,4,7-10H2,1H3. The van der Waals surface area contributed by atoms with Crippen molar-refractivity contribution in [3.05, 3.63) is 24.3 Å². The van der Waals surface area contributed by atoms with Crippen LogP contribution in [0.2, 0.25) is 0 Å². The maximum Gasteiger partial charge on any atom is 0.298 e. The van der Waals surface area contributed by atoms with Crippen molar-refractivity contribution in [2.45, 2.75) is 6.42 Å². The van der Waals surface area contributed by atoms with Crippen LogP contribution in [-0.2, 0) is 10.0 Å². The van der Waals surface area contributed by atoms with Crippen LogP contribution in [0.15, 0.2) is 28.7 Å². The topological polar surface area (TPSA) is 66.7 Å². The summed E-state index contributed by atoms with van der Waals surface area (Å²) in [7, 11) is -3.12. The van der Waals surface area contributed by atoms with Gasteiger partial charge in [-0.25, -0.2) is 12.7 Å². The Hall–Kier alpha value is -1.60. The Balaban J connectivity index is 1.81. The van der Waals surface area contributed by atoms with Crippen molar-refractivity contribution in [2.24, 2.45) is 0 Å². The smallest absolute Gasteiger partial charge is 0.298 e. The average Bonchev–Trinajstić information content (AvgIpc) is 2.65. The summed E-state index contributed by atoms with van der Waals surface area (Å²) in [4.78, 5) is 6.46. The van der Waals surface area contributed by atoms with E-state index in [0.717, 1.165) is 24.1 Å². The molecule has 0 bridgehead atoms. The predicted octanol–water partition coefficient (Wildman–Crippen LogP) is 1.30. The number of hydrogen-bond donors (Lipinski definition) is 0. The van der Waals surface area contributed by atoms with E-state index in [4.69, 9.17) is 4.42 Å². The first-order chi connectivity index (χ1) is 9.54. The third-order valence-electron chi connectivity index (χ3n) is 3.48. The molecule has 0 amide bonds. The first-order valence-corrected chi connectivity index (χ1v) is 8.44. The van der Waals surface area contributed by atoms with Crippen molar-refractivity contribution < 1.29 is 12.8 Å². The van der Waals surface area contributed by atoms with Crippen LogP contribution in [0.25, 0.3) is 11.1 Å². The van der Waals surface area contributed by atoms with Gasteiger partial charge < -0.3 is 9.32 Å². The molecule has 6 nitrogen and oxygen atoms in total. The second-order valence-electron chi connectivity index (χ2n) is 4.97. The van der Waals surface area contributed by atoms with E-state index in [2.05, 4.69) is 4.98 Å². The lowest BCUT2D eigenvalue weighted by Gasteiger charge is -2.18. The maximum absolute atomic E-state index is 11.6. The van der Waals surface area contributed by atoms with Gasteiger partial charge in [-0.15, -0.1) is 0 Å². The molecule has 1 fully saturated rings. The third-order valence-corrected chi connectivity index (χ3v) is 4.78. The van der Waals surface area contributed by atoms with Crippen LogP contribution in [0.3, 0.4) is 0 Å². The van der Waals surface area contributed by atoms with E-state index >= 15 is 0 Å². The van der Waals surface area contributed by atoms with Crippen molar-refractivity contribution in [1.29, 1.82) is 0 Å². The summed E-state index contributed by atoms with van der Waals surface area (Å²) in [5.74, 6) is 0. The molecule has 1 aliphatic rings. The zero-order valence-corrected chi connectivity index (χ0v) is 12.1. The molecule has 0 atom stereocenters. The van der Waals surface area contributed by atoms with Gasteiger partial charge in [0.05, 0.1) is 6.26 Å². The van der Waals surface area contributed by atoms with Gasteiger partial charge in [-0.3, -0.25) is 0 Å². The fraction of sp³-hybridized carbons (Fsp3) is 0.462. The summed E-state index contributed by atoms with van der Waals surface area (Å²) in [6, 6.07) is 8.18. The van der Waals surface area contributed by atoms with E-state index < -0.39 is 10.0 Å². The molecule has 1 aromatic heterocycles. The molecule has 0 aliphatic carbocycles. The van der Waals surface area contributed by atoms with Crippen LogP contribution in [0.1, 0.15) is 6.42 Å². The van der Waals surface area contributed by atoms with Crippen LogP contribution in [0, 0.1) is 0 Å². The average molecular weight is 295 g/mol. The van der Waals surface area contributed by atoms with Gasteiger partial charge in [0.1, 0.15) is 5.52 Å². The number of aromatic nitrogens is 1. The number of benzene rings is 1.